The lowest BCUT2D eigenvalue weighted by molar-refractivity contribution is -0.394. The van der Waals surface area contributed by atoms with Crippen molar-refractivity contribution in [2.75, 3.05) is 5.32 Å². The third-order valence-corrected chi connectivity index (χ3v) is 4.22. The Bertz CT molecular complexity index is 1170. The van der Waals surface area contributed by atoms with Gasteiger partial charge >= 0.3 is 0 Å². The van der Waals surface area contributed by atoms with Gasteiger partial charge in [-0.15, -0.1) is 0 Å². The van der Waals surface area contributed by atoms with Crippen LogP contribution in [0.25, 0.3) is 6.08 Å². The quantitative estimate of drug-likeness (QED) is 0.257. The summed E-state index contributed by atoms with van der Waals surface area (Å²) in [7, 11) is 0. The zero-order valence-corrected chi connectivity index (χ0v) is 15.9. The fourth-order valence-corrected chi connectivity index (χ4v) is 2.73. The van der Waals surface area contributed by atoms with Crippen LogP contribution in [-0.2, 0) is 0 Å². The second kappa shape index (κ2) is 9.23. The maximum absolute atomic E-state index is 12.5. The SMILES string of the molecule is O=C(/C=C/c1cccc(NC(=O)c2cc([N+](=O)[O-])cc([N+](=O)[O-])c2)c1)c1ccccc1. The van der Waals surface area contributed by atoms with Gasteiger partial charge in [0.15, 0.2) is 5.78 Å². The molecule has 3 aromatic rings. The molecule has 9 nitrogen and oxygen atoms in total. The summed E-state index contributed by atoms with van der Waals surface area (Å²) in [4.78, 5) is 45.1. The number of amides is 1. The number of benzene rings is 3. The van der Waals surface area contributed by atoms with Crippen LogP contribution in [0.1, 0.15) is 26.3 Å². The van der Waals surface area contributed by atoms with Crippen molar-refractivity contribution >= 4 is 34.8 Å². The zero-order chi connectivity index (χ0) is 22.4. The number of hydrogen-bond acceptors (Lipinski definition) is 6. The molecule has 9 heteroatoms. The monoisotopic (exact) mass is 417 g/mol. The van der Waals surface area contributed by atoms with Crippen LogP contribution in [-0.4, -0.2) is 21.5 Å². The first-order valence-corrected chi connectivity index (χ1v) is 8.96. The maximum Gasteiger partial charge on any atom is 0.277 e. The third-order valence-electron chi connectivity index (χ3n) is 4.22. The number of rotatable bonds is 7. The first kappa shape index (κ1) is 21.1. The van der Waals surface area contributed by atoms with Crippen molar-refractivity contribution < 1.29 is 19.4 Å². The van der Waals surface area contributed by atoms with Gasteiger partial charge in [-0.1, -0.05) is 48.5 Å². The summed E-state index contributed by atoms with van der Waals surface area (Å²) in [6, 6.07) is 18.0. The molecular formula is C22H15N3O6. The molecule has 0 saturated heterocycles. The second-order valence-electron chi connectivity index (χ2n) is 6.40. The number of nitro benzene ring substituents is 2. The molecule has 31 heavy (non-hydrogen) atoms. The molecule has 0 fully saturated rings. The smallest absolute Gasteiger partial charge is 0.277 e. The number of carbonyl (C=O) groups excluding carboxylic acids is 2. The van der Waals surface area contributed by atoms with E-state index in [1.54, 1.807) is 54.6 Å². The Hall–Kier alpha value is -4.66. The van der Waals surface area contributed by atoms with Crippen LogP contribution in [0.3, 0.4) is 0 Å². The van der Waals surface area contributed by atoms with Gasteiger partial charge in [0, 0.05) is 23.4 Å². The molecule has 0 unspecified atom stereocenters. The Balaban J connectivity index is 1.79. The van der Waals surface area contributed by atoms with E-state index in [0.717, 1.165) is 18.2 Å². The van der Waals surface area contributed by atoms with Crippen molar-refractivity contribution in [1.29, 1.82) is 0 Å². The average Bonchev–Trinajstić information content (AvgIpc) is 2.78. The van der Waals surface area contributed by atoms with Crippen molar-refractivity contribution in [2.45, 2.75) is 0 Å². The summed E-state index contributed by atoms with van der Waals surface area (Å²) in [5.41, 5.74) is 0.183. The van der Waals surface area contributed by atoms with E-state index in [-0.39, 0.29) is 11.3 Å². The normalized spacial score (nSPS) is 10.6. The Labute approximate surface area is 175 Å². The Morgan fingerprint density at radius 3 is 2.03 bits per heavy atom. The van der Waals surface area contributed by atoms with Gasteiger partial charge in [0.05, 0.1) is 21.5 Å². The van der Waals surface area contributed by atoms with Crippen LogP contribution >= 0.6 is 0 Å². The molecule has 3 rings (SSSR count). The lowest BCUT2D eigenvalue weighted by atomic mass is 10.1. The standard InChI is InChI=1S/C22H15N3O6/c26-21(16-6-2-1-3-7-16)10-9-15-5-4-8-18(11-15)23-22(27)17-12-19(24(28)29)14-20(13-17)25(30)31/h1-14H,(H,23,27)/b10-9+. The van der Waals surface area contributed by atoms with E-state index in [1.165, 1.54) is 6.08 Å². The van der Waals surface area contributed by atoms with E-state index in [9.17, 15) is 29.8 Å². The number of nitrogens with one attached hydrogen (secondary N) is 1. The second-order valence-corrected chi connectivity index (χ2v) is 6.40. The number of hydrogen-bond donors (Lipinski definition) is 1. The number of non-ortho nitro benzene ring substituents is 2. The van der Waals surface area contributed by atoms with Crippen LogP contribution in [0.4, 0.5) is 17.1 Å². The number of nitro groups is 2. The summed E-state index contributed by atoms with van der Waals surface area (Å²) >= 11 is 0. The van der Waals surface area contributed by atoms with Crippen LogP contribution in [0, 0.1) is 20.2 Å². The number of allylic oxidation sites excluding steroid dienone is 1. The highest BCUT2D eigenvalue weighted by Crippen LogP contribution is 2.23. The lowest BCUT2D eigenvalue weighted by Crippen LogP contribution is -2.12. The highest BCUT2D eigenvalue weighted by atomic mass is 16.6. The number of nitrogens with zero attached hydrogens (tertiary/aromatic N) is 2. The fourth-order valence-electron chi connectivity index (χ4n) is 2.73. The minimum Gasteiger partial charge on any atom is -0.322 e. The third kappa shape index (κ3) is 5.45. The fraction of sp³-hybridized carbons (Fsp3) is 0. The average molecular weight is 417 g/mol. The lowest BCUT2D eigenvalue weighted by Gasteiger charge is -2.06. The summed E-state index contributed by atoms with van der Waals surface area (Å²) in [6.07, 6.45) is 2.99. The van der Waals surface area contributed by atoms with Crippen molar-refractivity contribution in [3.05, 3.63) is 116 Å². The van der Waals surface area contributed by atoms with Crippen LogP contribution in [0.15, 0.2) is 78.9 Å². The topological polar surface area (TPSA) is 132 Å². The van der Waals surface area contributed by atoms with E-state index in [0.29, 0.717) is 16.8 Å². The molecule has 0 bridgehead atoms. The molecule has 0 spiro atoms. The molecule has 1 N–H and O–H groups in total. The van der Waals surface area contributed by atoms with E-state index < -0.39 is 27.1 Å². The predicted octanol–water partition coefficient (Wildman–Crippen LogP) is 4.65. The molecule has 0 aliphatic rings. The summed E-state index contributed by atoms with van der Waals surface area (Å²) in [5.74, 6) is -0.924. The van der Waals surface area contributed by atoms with Gasteiger partial charge in [-0.2, -0.15) is 0 Å². The Morgan fingerprint density at radius 2 is 1.42 bits per heavy atom. The molecule has 154 valence electrons. The van der Waals surface area contributed by atoms with Crippen molar-refractivity contribution in [1.82, 2.24) is 0 Å². The Kier molecular flexibility index (Phi) is 6.27. The van der Waals surface area contributed by atoms with Gasteiger partial charge in [-0.25, -0.2) is 0 Å². The number of carbonyl (C=O) groups is 2. The van der Waals surface area contributed by atoms with E-state index in [2.05, 4.69) is 5.32 Å². The van der Waals surface area contributed by atoms with Crippen LogP contribution in [0.5, 0.6) is 0 Å². The first-order chi connectivity index (χ1) is 14.8. The molecule has 3 aromatic carbocycles. The van der Waals surface area contributed by atoms with E-state index in [4.69, 9.17) is 0 Å². The molecular weight excluding hydrogens is 402 g/mol. The largest absolute Gasteiger partial charge is 0.322 e. The van der Waals surface area contributed by atoms with Crippen LogP contribution < -0.4 is 5.32 Å². The van der Waals surface area contributed by atoms with Crippen LogP contribution in [0.2, 0.25) is 0 Å². The maximum atomic E-state index is 12.5. The highest BCUT2D eigenvalue weighted by molar-refractivity contribution is 6.07. The molecule has 0 saturated carbocycles. The van der Waals surface area contributed by atoms with Crippen molar-refractivity contribution in [3.63, 3.8) is 0 Å². The molecule has 0 radical (unpaired) electrons. The van der Waals surface area contributed by atoms with Gasteiger partial charge in [0.25, 0.3) is 17.3 Å². The van der Waals surface area contributed by atoms with Gasteiger partial charge in [-0.3, -0.25) is 29.8 Å². The number of ketones is 1. The summed E-state index contributed by atoms with van der Waals surface area (Å²) in [5, 5.41) is 24.5. The zero-order valence-electron chi connectivity index (χ0n) is 15.9. The molecule has 0 aliphatic heterocycles. The van der Waals surface area contributed by atoms with Gasteiger partial charge in [0.1, 0.15) is 0 Å². The molecule has 0 atom stereocenters. The van der Waals surface area contributed by atoms with E-state index in [1.807, 2.05) is 6.07 Å². The minimum atomic E-state index is -0.807. The van der Waals surface area contributed by atoms with Gasteiger partial charge in [-0.05, 0) is 23.8 Å². The van der Waals surface area contributed by atoms with Gasteiger partial charge < -0.3 is 5.32 Å². The minimum absolute atomic E-state index is 0.182. The van der Waals surface area contributed by atoms with E-state index >= 15 is 0 Å². The summed E-state index contributed by atoms with van der Waals surface area (Å²) < 4.78 is 0. The molecule has 0 heterocycles. The molecule has 0 aromatic heterocycles. The van der Waals surface area contributed by atoms with Crippen molar-refractivity contribution in [2.24, 2.45) is 0 Å². The molecule has 0 aliphatic carbocycles. The van der Waals surface area contributed by atoms with Crippen molar-refractivity contribution in [3.8, 4) is 0 Å². The van der Waals surface area contributed by atoms with Gasteiger partial charge in [0.2, 0.25) is 0 Å². The first-order valence-electron chi connectivity index (χ1n) is 8.96. The Morgan fingerprint density at radius 1 is 0.774 bits per heavy atom. The molecule has 1 amide bonds. The summed E-state index contributed by atoms with van der Waals surface area (Å²) in [6.45, 7) is 0. The number of anilines is 1. The predicted molar refractivity (Wildman–Crippen MR) is 114 cm³/mol. The highest BCUT2D eigenvalue weighted by Gasteiger charge is 2.20.